The number of hydrazone groups is 1. The Hall–Kier alpha value is -3.55. The van der Waals surface area contributed by atoms with Crippen LogP contribution in [0.2, 0.25) is 0 Å². The maximum Gasteiger partial charge on any atom is 0.202 e. The Balaban J connectivity index is 0.00000107. The smallest absolute Gasteiger partial charge is 0.202 e. The summed E-state index contributed by atoms with van der Waals surface area (Å²) in [6.45, 7) is 7.19. The summed E-state index contributed by atoms with van der Waals surface area (Å²) in [7, 11) is 0. The van der Waals surface area contributed by atoms with Gasteiger partial charge in [-0.1, -0.05) is 50.6 Å². The van der Waals surface area contributed by atoms with Gasteiger partial charge in [0.05, 0.1) is 27.8 Å². The molecule has 0 aliphatic carbocycles. The minimum Gasteiger partial charge on any atom is -0.396 e. The Morgan fingerprint density at radius 3 is 2.42 bits per heavy atom. The van der Waals surface area contributed by atoms with Gasteiger partial charge in [0.15, 0.2) is 11.7 Å². The van der Waals surface area contributed by atoms with Crippen molar-refractivity contribution in [2.45, 2.75) is 40.2 Å². The van der Waals surface area contributed by atoms with Crippen LogP contribution in [0.3, 0.4) is 0 Å². The maximum atomic E-state index is 14.9. The summed E-state index contributed by atoms with van der Waals surface area (Å²) < 4.78 is 16.6. The predicted molar refractivity (Wildman–Crippen MR) is 128 cm³/mol. The highest BCUT2D eigenvalue weighted by atomic mass is 19.1. The number of rotatable bonds is 6. The molecule has 7 N–H and O–H groups in total. The molecule has 0 saturated heterocycles. The van der Waals surface area contributed by atoms with Crippen molar-refractivity contribution in [2.24, 2.45) is 16.7 Å². The van der Waals surface area contributed by atoms with E-state index >= 15 is 0 Å². The summed E-state index contributed by atoms with van der Waals surface area (Å²) in [5.74, 6) is 4.41. The van der Waals surface area contributed by atoms with Crippen LogP contribution in [0.5, 0.6) is 0 Å². The summed E-state index contributed by atoms with van der Waals surface area (Å²) in [5.41, 5.74) is 13.0. The molecule has 1 heterocycles. The van der Waals surface area contributed by atoms with Crippen LogP contribution in [0.25, 0.3) is 10.9 Å². The maximum absolute atomic E-state index is 14.9. The fraction of sp³-hybridized carbons (Fsp3) is 0.304. The van der Waals surface area contributed by atoms with Crippen molar-refractivity contribution >= 4 is 28.1 Å². The SMILES string of the molecule is CCC.CCn1cc(/C(N)=N/N)c(=O)c2c(N)c(F)c(NCCc3ccccc3)cc21. The number of nitrogens with zero attached hydrogens (tertiary/aromatic N) is 2. The Morgan fingerprint density at radius 1 is 1.19 bits per heavy atom. The number of nitrogens with two attached hydrogens (primary N) is 3. The molecule has 8 heteroatoms. The van der Waals surface area contributed by atoms with E-state index in [9.17, 15) is 9.18 Å². The van der Waals surface area contributed by atoms with E-state index < -0.39 is 11.2 Å². The largest absolute Gasteiger partial charge is 0.396 e. The summed E-state index contributed by atoms with van der Waals surface area (Å²) in [6.07, 6.45) is 3.53. The molecular formula is C23H31FN6O. The number of nitrogen functional groups attached to an aromatic ring is 1. The molecule has 166 valence electrons. The van der Waals surface area contributed by atoms with E-state index in [1.807, 2.05) is 37.3 Å². The second kappa shape index (κ2) is 11.0. The van der Waals surface area contributed by atoms with Crippen molar-refractivity contribution in [3.63, 3.8) is 0 Å². The Bertz CT molecular complexity index is 1110. The normalized spacial score (nSPS) is 11.2. The number of hydrogen-bond donors (Lipinski definition) is 4. The van der Waals surface area contributed by atoms with Crippen LogP contribution in [-0.2, 0) is 13.0 Å². The van der Waals surface area contributed by atoms with Gasteiger partial charge >= 0.3 is 0 Å². The predicted octanol–water partition coefficient (Wildman–Crippen LogP) is 3.39. The molecule has 0 fully saturated rings. The summed E-state index contributed by atoms with van der Waals surface area (Å²) >= 11 is 0. The molecule has 0 unspecified atom stereocenters. The van der Waals surface area contributed by atoms with E-state index in [0.717, 1.165) is 12.0 Å². The second-order valence-corrected chi connectivity index (χ2v) is 7.09. The highest BCUT2D eigenvalue weighted by Gasteiger charge is 2.19. The standard InChI is InChI=1S/C20H23FN6O.C3H8/c1-2-27-11-13(20(23)26-24)19(28)16-15(27)10-14(17(21)18(16)22)25-9-8-12-6-4-3-5-7-12;1-3-2/h3-7,10-11,25H,2,8-9,22,24H2,1H3,(H2,23,26);3H2,1-2H3. The Morgan fingerprint density at radius 2 is 1.84 bits per heavy atom. The lowest BCUT2D eigenvalue weighted by Gasteiger charge is -2.16. The molecule has 0 amide bonds. The highest BCUT2D eigenvalue weighted by molar-refractivity contribution is 6.03. The van der Waals surface area contributed by atoms with E-state index in [2.05, 4.69) is 24.3 Å². The number of anilines is 2. The summed E-state index contributed by atoms with van der Waals surface area (Å²) in [6, 6.07) is 11.5. The number of pyridine rings is 1. The van der Waals surface area contributed by atoms with Crippen LogP contribution in [0.4, 0.5) is 15.8 Å². The van der Waals surface area contributed by atoms with E-state index in [1.165, 1.54) is 6.42 Å². The number of amidine groups is 1. The van der Waals surface area contributed by atoms with E-state index in [1.54, 1.807) is 16.8 Å². The monoisotopic (exact) mass is 426 g/mol. The lowest BCUT2D eigenvalue weighted by molar-refractivity contribution is 0.635. The third-order valence-corrected chi connectivity index (χ3v) is 4.67. The van der Waals surface area contributed by atoms with Gasteiger partial charge in [0.25, 0.3) is 0 Å². The van der Waals surface area contributed by atoms with Gasteiger partial charge in [-0.25, -0.2) is 4.39 Å². The first kappa shape index (κ1) is 23.7. The Kier molecular flexibility index (Phi) is 8.43. The van der Waals surface area contributed by atoms with Gasteiger partial charge < -0.3 is 27.2 Å². The number of nitrogens with one attached hydrogen (secondary N) is 1. The average molecular weight is 427 g/mol. The molecule has 0 aliphatic heterocycles. The average Bonchev–Trinajstić information content (AvgIpc) is 2.78. The van der Waals surface area contributed by atoms with E-state index in [0.29, 0.717) is 18.6 Å². The third kappa shape index (κ3) is 5.33. The number of hydrogen-bond acceptors (Lipinski definition) is 5. The van der Waals surface area contributed by atoms with Crippen molar-refractivity contribution in [1.82, 2.24) is 4.57 Å². The molecular weight excluding hydrogens is 395 g/mol. The molecule has 0 bridgehead atoms. The molecule has 0 radical (unpaired) electrons. The van der Waals surface area contributed by atoms with Crippen LogP contribution in [0.15, 0.2) is 52.5 Å². The molecule has 0 aliphatic rings. The Labute approximate surface area is 181 Å². The number of aromatic nitrogens is 1. The minimum absolute atomic E-state index is 0.0667. The van der Waals surface area contributed by atoms with Gasteiger partial charge in [-0.15, -0.1) is 0 Å². The lowest BCUT2D eigenvalue weighted by Crippen LogP contribution is -2.27. The molecule has 1 aromatic heterocycles. The quantitative estimate of drug-likeness (QED) is 0.158. The number of halogens is 1. The fourth-order valence-electron chi connectivity index (χ4n) is 3.18. The minimum atomic E-state index is -0.666. The molecule has 31 heavy (non-hydrogen) atoms. The first-order valence-corrected chi connectivity index (χ1v) is 10.4. The third-order valence-electron chi connectivity index (χ3n) is 4.67. The van der Waals surface area contributed by atoms with Gasteiger partial charge in [0.2, 0.25) is 5.43 Å². The number of fused-ring (bicyclic) bond motifs is 1. The van der Waals surface area contributed by atoms with Crippen molar-refractivity contribution < 1.29 is 4.39 Å². The zero-order chi connectivity index (χ0) is 23.0. The lowest BCUT2D eigenvalue weighted by atomic mass is 10.1. The van der Waals surface area contributed by atoms with Crippen molar-refractivity contribution in [2.75, 3.05) is 17.6 Å². The van der Waals surface area contributed by atoms with Crippen LogP contribution >= 0.6 is 0 Å². The van der Waals surface area contributed by atoms with E-state index in [4.69, 9.17) is 17.3 Å². The first-order valence-electron chi connectivity index (χ1n) is 10.4. The first-order chi connectivity index (χ1) is 14.9. The zero-order valence-corrected chi connectivity index (χ0v) is 18.3. The molecule has 3 aromatic rings. The number of aryl methyl sites for hydroxylation is 1. The van der Waals surface area contributed by atoms with Gasteiger partial charge in [-0.3, -0.25) is 4.79 Å². The van der Waals surface area contributed by atoms with Crippen molar-refractivity contribution in [1.29, 1.82) is 0 Å². The van der Waals surface area contributed by atoms with Gasteiger partial charge in [-0.2, -0.15) is 5.10 Å². The summed E-state index contributed by atoms with van der Waals surface area (Å²) in [4.78, 5) is 12.8. The zero-order valence-electron chi connectivity index (χ0n) is 18.3. The topological polar surface area (TPSA) is 124 Å². The van der Waals surface area contributed by atoms with E-state index in [-0.39, 0.29) is 28.2 Å². The van der Waals surface area contributed by atoms with Crippen LogP contribution < -0.4 is 28.1 Å². The summed E-state index contributed by atoms with van der Waals surface area (Å²) in [5, 5.41) is 6.52. The van der Waals surface area contributed by atoms with Gasteiger partial charge in [0, 0.05) is 19.3 Å². The highest BCUT2D eigenvalue weighted by Crippen LogP contribution is 2.29. The van der Waals surface area contributed by atoms with Gasteiger partial charge in [-0.05, 0) is 25.0 Å². The molecule has 0 spiro atoms. The van der Waals surface area contributed by atoms with Crippen molar-refractivity contribution in [3.05, 3.63) is 69.8 Å². The molecule has 0 saturated carbocycles. The van der Waals surface area contributed by atoms with Crippen LogP contribution in [0.1, 0.15) is 38.3 Å². The fourth-order valence-corrected chi connectivity index (χ4v) is 3.18. The molecule has 0 atom stereocenters. The van der Waals surface area contributed by atoms with Crippen molar-refractivity contribution in [3.8, 4) is 0 Å². The van der Waals surface area contributed by atoms with Crippen LogP contribution in [-0.4, -0.2) is 16.9 Å². The molecule has 3 rings (SSSR count). The molecule has 7 nitrogen and oxygen atoms in total. The second-order valence-electron chi connectivity index (χ2n) is 7.09. The van der Waals surface area contributed by atoms with Crippen LogP contribution in [0, 0.1) is 5.82 Å². The molecule has 2 aromatic carbocycles. The van der Waals surface area contributed by atoms with Gasteiger partial charge in [0.1, 0.15) is 0 Å². The number of benzene rings is 2.